The van der Waals surface area contributed by atoms with Gasteiger partial charge in [0.25, 0.3) is 0 Å². The number of methoxy groups -OCH3 is 2. The lowest BCUT2D eigenvalue weighted by Crippen LogP contribution is -2.07. The molecular formula is C12H13O2. The molecule has 0 saturated carbocycles. The summed E-state index contributed by atoms with van der Waals surface area (Å²) in [7, 11) is 3.39. The molecule has 2 rings (SSSR count). The Balaban J connectivity index is 2.50. The molecular weight excluding hydrogens is 176 g/mol. The van der Waals surface area contributed by atoms with E-state index in [1.54, 1.807) is 14.2 Å². The number of hydrogen-bond acceptors (Lipinski definition) is 2. The monoisotopic (exact) mass is 189 g/mol. The topological polar surface area (TPSA) is 18.5 Å². The van der Waals surface area contributed by atoms with E-state index in [1.807, 2.05) is 24.3 Å². The summed E-state index contributed by atoms with van der Waals surface area (Å²) in [5, 5.41) is 0. The van der Waals surface area contributed by atoms with Crippen LogP contribution in [0.3, 0.4) is 0 Å². The van der Waals surface area contributed by atoms with Crippen LogP contribution in [0.15, 0.2) is 30.4 Å². The van der Waals surface area contributed by atoms with E-state index in [0.717, 1.165) is 11.3 Å². The van der Waals surface area contributed by atoms with Crippen molar-refractivity contribution in [3.8, 4) is 5.75 Å². The van der Waals surface area contributed by atoms with Crippen LogP contribution in [0.25, 0.3) is 0 Å². The highest BCUT2D eigenvalue weighted by molar-refractivity contribution is 5.50. The molecule has 1 atom stereocenters. The normalized spacial score (nSPS) is 19.1. The Morgan fingerprint density at radius 2 is 2.07 bits per heavy atom. The van der Waals surface area contributed by atoms with Crippen LogP contribution in [-0.4, -0.2) is 14.2 Å². The van der Waals surface area contributed by atoms with Gasteiger partial charge in [0.1, 0.15) is 11.9 Å². The molecule has 1 aromatic carbocycles. The van der Waals surface area contributed by atoms with Gasteiger partial charge < -0.3 is 9.47 Å². The van der Waals surface area contributed by atoms with Gasteiger partial charge in [0.05, 0.1) is 7.11 Å². The fraction of sp³-hybridized carbons (Fsp3) is 0.250. The average molecular weight is 189 g/mol. The molecule has 1 radical (unpaired) electrons. The second-order valence-electron chi connectivity index (χ2n) is 3.17. The van der Waals surface area contributed by atoms with Crippen molar-refractivity contribution in [3.63, 3.8) is 0 Å². The highest BCUT2D eigenvalue weighted by atomic mass is 16.5. The first-order chi connectivity index (χ1) is 6.86. The molecule has 1 aromatic rings. The first-order valence-electron chi connectivity index (χ1n) is 4.58. The Bertz CT molecular complexity index is 355. The van der Waals surface area contributed by atoms with Gasteiger partial charge in [-0.3, -0.25) is 0 Å². The first-order valence-corrected chi connectivity index (χ1v) is 4.58. The van der Waals surface area contributed by atoms with E-state index in [4.69, 9.17) is 9.47 Å². The molecule has 2 nitrogen and oxygen atoms in total. The van der Waals surface area contributed by atoms with Crippen molar-refractivity contribution in [1.29, 1.82) is 0 Å². The van der Waals surface area contributed by atoms with Gasteiger partial charge >= 0.3 is 0 Å². The molecule has 2 heteroatoms. The molecule has 0 N–H and O–H groups in total. The fourth-order valence-corrected chi connectivity index (χ4v) is 1.74. The second-order valence-corrected chi connectivity index (χ2v) is 3.17. The maximum Gasteiger partial charge on any atom is 0.125 e. The van der Waals surface area contributed by atoms with Crippen LogP contribution < -0.4 is 4.74 Å². The van der Waals surface area contributed by atoms with Crippen LogP contribution in [0.1, 0.15) is 17.2 Å². The zero-order valence-corrected chi connectivity index (χ0v) is 8.36. The summed E-state index contributed by atoms with van der Waals surface area (Å²) in [5.74, 6) is 0.884. The van der Waals surface area contributed by atoms with Gasteiger partial charge in [-0.25, -0.2) is 0 Å². The van der Waals surface area contributed by atoms with Crippen LogP contribution in [0.5, 0.6) is 5.75 Å². The third-order valence-corrected chi connectivity index (χ3v) is 2.42. The van der Waals surface area contributed by atoms with Gasteiger partial charge in [0.15, 0.2) is 0 Å². The molecule has 0 fully saturated rings. The van der Waals surface area contributed by atoms with Gasteiger partial charge in [-0.2, -0.15) is 0 Å². The van der Waals surface area contributed by atoms with Gasteiger partial charge in [-0.05, 0) is 11.6 Å². The van der Waals surface area contributed by atoms with Crippen LogP contribution in [0.2, 0.25) is 0 Å². The Morgan fingerprint density at radius 1 is 1.21 bits per heavy atom. The van der Waals surface area contributed by atoms with Gasteiger partial charge in [0.2, 0.25) is 0 Å². The van der Waals surface area contributed by atoms with Gasteiger partial charge in [0, 0.05) is 19.1 Å². The van der Waals surface area contributed by atoms with Crippen LogP contribution in [-0.2, 0) is 4.74 Å². The third kappa shape index (κ3) is 1.42. The van der Waals surface area contributed by atoms with Crippen LogP contribution in [0.4, 0.5) is 0 Å². The average Bonchev–Trinajstić information content (AvgIpc) is 2.27. The van der Waals surface area contributed by atoms with E-state index in [2.05, 4.69) is 12.5 Å². The van der Waals surface area contributed by atoms with Crippen LogP contribution >= 0.6 is 0 Å². The van der Waals surface area contributed by atoms with Gasteiger partial charge in [-0.1, -0.05) is 24.3 Å². The molecule has 0 spiro atoms. The minimum atomic E-state index is 0.00569. The van der Waals surface area contributed by atoms with Crippen LogP contribution in [0, 0.1) is 6.42 Å². The second kappa shape index (κ2) is 3.84. The Labute approximate surface area is 84.2 Å². The molecule has 0 bridgehead atoms. The van der Waals surface area contributed by atoms with E-state index < -0.39 is 0 Å². The lowest BCUT2D eigenvalue weighted by molar-refractivity contribution is 0.138. The van der Waals surface area contributed by atoms with Gasteiger partial charge in [-0.15, -0.1) is 0 Å². The SMILES string of the molecule is COc1cccc2c1C(OC)C=C[CH]2. The van der Waals surface area contributed by atoms with E-state index in [-0.39, 0.29) is 6.10 Å². The Kier molecular flexibility index (Phi) is 2.55. The summed E-state index contributed by atoms with van der Waals surface area (Å²) in [6, 6.07) is 6.01. The number of rotatable bonds is 2. The van der Waals surface area contributed by atoms with E-state index in [0.29, 0.717) is 0 Å². The van der Waals surface area contributed by atoms with Crippen molar-refractivity contribution >= 4 is 0 Å². The largest absolute Gasteiger partial charge is 0.496 e. The predicted molar refractivity (Wildman–Crippen MR) is 55.3 cm³/mol. The summed E-state index contributed by atoms with van der Waals surface area (Å²) in [6.45, 7) is 0. The predicted octanol–water partition coefficient (Wildman–Crippen LogP) is 2.50. The quantitative estimate of drug-likeness (QED) is 0.711. The van der Waals surface area contributed by atoms with Crippen molar-refractivity contribution in [3.05, 3.63) is 47.9 Å². The van der Waals surface area contributed by atoms with Crippen molar-refractivity contribution in [2.45, 2.75) is 6.10 Å². The maximum atomic E-state index is 5.37. The molecule has 0 amide bonds. The van der Waals surface area contributed by atoms with Crippen molar-refractivity contribution < 1.29 is 9.47 Å². The summed E-state index contributed by atoms with van der Waals surface area (Å²) in [5.41, 5.74) is 2.28. The van der Waals surface area contributed by atoms with E-state index in [1.165, 1.54) is 5.56 Å². The van der Waals surface area contributed by atoms with Crippen molar-refractivity contribution in [1.82, 2.24) is 0 Å². The minimum absolute atomic E-state index is 0.00569. The standard InChI is InChI=1S/C12H13O2/c1-13-10-7-3-5-9-6-4-8-11(14-2)12(9)10/h3-8,10H,1-2H3. The van der Waals surface area contributed by atoms with Crippen molar-refractivity contribution in [2.24, 2.45) is 0 Å². The Hall–Kier alpha value is -1.28. The van der Waals surface area contributed by atoms with E-state index >= 15 is 0 Å². The molecule has 1 unspecified atom stereocenters. The number of hydrogen-bond donors (Lipinski definition) is 0. The summed E-state index contributed by atoms with van der Waals surface area (Å²) < 4.78 is 10.7. The highest BCUT2D eigenvalue weighted by Crippen LogP contribution is 2.35. The summed E-state index contributed by atoms with van der Waals surface area (Å²) >= 11 is 0. The summed E-state index contributed by atoms with van der Waals surface area (Å²) in [4.78, 5) is 0. The molecule has 1 aliphatic carbocycles. The molecule has 73 valence electrons. The number of ether oxygens (including phenoxy) is 2. The lowest BCUT2D eigenvalue weighted by Gasteiger charge is -2.21. The number of allylic oxidation sites excluding steroid dienone is 1. The smallest absolute Gasteiger partial charge is 0.125 e. The summed E-state index contributed by atoms with van der Waals surface area (Å²) in [6.07, 6.45) is 6.10. The molecule has 0 heterocycles. The van der Waals surface area contributed by atoms with Crippen molar-refractivity contribution in [2.75, 3.05) is 14.2 Å². The number of fused-ring (bicyclic) bond motifs is 1. The zero-order valence-electron chi connectivity index (χ0n) is 8.36. The Morgan fingerprint density at radius 3 is 2.79 bits per heavy atom. The zero-order chi connectivity index (χ0) is 9.97. The molecule has 14 heavy (non-hydrogen) atoms. The lowest BCUT2D eigenvalue weighted by atomic mass is 9.94. The molecule has 1 aliphatic rings. The maximum absolute atomic E-state index is 5.37. The fourth-order valence-electron chi connectivity index (χ4n) is 1.74. The first kappa shape index (κ1) is 9.28. The molecule has 0 aliphatic heterocycles. The molecule has 0 aromatic heterocycles. The third-order valence-electron chi connectivity index (χ3n) is 2.42. The minimum Gasteiger partial charge on any atom is -0.496 e. The number of benzene rings is 1. The molecule has 0 saturated heterocycles. The highest BCUT2D eigenvalue weighted by Gasteiger charge is 2.19. The van der Waals surface area contributed by atoms with E-state index in [9.17, 15) is 0 Å².